The summed E-state index contributed by atoms with van der Waals surface area (Å²) in [5.41, 5.74) is 2.04. The Morgan fingerprint density at radius 2 is 2.30 bits per heavy atom. The zero-order valence-corrected chi connectivity index (χ0v) is 13.5. The summed E-state index contributed by atoms with van der Waals surface area (Å²) in [6, 6.07) is 1.95. The van der Waals surface area contributed by atoms with Crippen LogP contribution >= 0.6 is 0 Å². The summed E-state index contributed by atoms with van der Waals surface area (Å²) in [7, 11) is 2.04. The molecule has 2 fully saturated rings. The summed E-state index contributed by atoms with van der Waals surface area (Å²) < 4.78 is 2.13. The summed E-state index contributed by atoms with van der Waals surface area (Å²) in [6.45, 7) is 3.51. The van der Waals surface area contributed by atoms with Gasteiger partial charge in [-0.05, 0) is 31.9 Å². The van der Waals surface area contributed by atoms with Crippen LogP contribution in [-0.4, -0.2) is 51.5 Å². The highest BCUT2D eigenvalue weighted by Gasteiger charge is 2.33. The largest absolute Gasteiger partial charge is 0.342 e. The number of nitrogens with one attached hydrogen (secondary N) is 1. The highest BCUT2D eigenvalue weighted by Crippen LogP contribution is 2.30. The Labute approximate surface area is 135 Å². The lowest BCUT2D eigenvalue weighted by molar-refractivity contribution is -0.135. The standard InChI is InChI=1S/C17H23N5O/c1-21-15-10-19-7-4-14(15)20-16(21)13-5-8-22(11-13)17(23)12-3-2-6-18-9-12/h4,7,10,12-13,18H,2-3,5-6,8-9,11H2,1H3/t12-,13-/m0/s1. The summed E-state index contributed by atoms with van der Waals surface area (Å²) in [6.07, 6.45) is 6.75. The van der Waals surface area contributed by atoms with Crippen LogP contribution in [0.25, 0.3) is 11.0 Å². The number of aryl methyl sites for hydroxylation is 1. The first kappa shape index (κ1) is 14.6. The van der Waals surface area contributed by atoms with Crippen molar-refractivity contribution in [1.29, 1.82) is 0 Å². The molecule has 1 amide bonds. The number of amides is 1. The van der Waals surface area contributed by atoms with Gasteiger partial charge in [0.1, 0.15) is 5.82 Å². The number of piperidine rings is 1. The number of aromatic nitrogens is 3. The van der Waals surface area contributed by atoms with Crippen LogP contribution in [0.2, 0.25) is 0 Å². The van der Waals surface area contributed by atoms with Crippen LogP contribution in [0.3, 0.4) is 0 Å². The Balaban J connectivity index is 1.51. The monoisotopic (exact) mass is 313 g/mol. The van der Waals surface area contributed by atoms with Crippen LogP contribution in [0.1, 0.15) is 31.0 Å². The molecule has 2 aromatic rings. The van der Waals surface area contributed by atoms with Crippen LogP contribution in [0.15, 0.2) is 18.5 Å². The Hall–Kier alpha value is -1.95. The van der Waals surface area contributed by atoms with Gasteiger partial charge in [0.05, 0.1) is 23.1 Å². The average molecular weight is 313 g/mol. The van der Waals surface area contributed by atoms with Gasteiger partial charge in [0.15, 0.2) is 0 Å². The summed E-state index contributed by atoms with van der Waals surface area (Å²) >= 11 is 0. The molecule has 2 atom stereocenters. The number of carbonyl (C=O) groups excluding carboxylic acids is 1. The molecule has 0 unspecified atom stereocenters. The molecule has 2 aromatic heterocycles. The van der Waals surface area contributed by atoms with Crippen LogP contribution in [0, 0.1) is 5.92 Å². The van der Waals surface area contributed by atoms with Crippen molar-refractivity contribution in [2.45, 2.75) is 25.2 Å². The molecule has 0 radical (unpaired) electrons. The van der Waals surface area contributed by atoms with E-state index in [4.69, 9.17) is 4.98 Å². The van der Waals surface area contributed by atoms with Crippen molar-refractivity contribution in [2.24, 2.45) is 13.0 Å². The third kappa shape index (κ3) is 2.61. The number of rotatable bonds is 2. The van der Waals surface area contributed by atoms with Crippen molar-refractivity contribution >= 4 is 16.9 Å². The molecule has 0 saturated carbocycles. The Morgan fingerprint density at radius 1 is 1.39 bits per heavy atom. The fourth-order valence-electron chi connectivity index (χ4n) is 3.91. The van der Waals surface area contributed by atoms with Crippen LogP contribution in [0.4, 0.5) is 0 Å². The van der Waals surface area contributed by atoms with Crippen molar-refractivity contribution in [1.82, 2.24) is 24.8 Å². The third-order valence-electron chi connectivity index (χ3n) is 5.23. The molecular weight excluding hydrogens is 290 g/mol. The molecule has 2 aliphatic rings. The lowest BCUT2D eigenvalue weighted by Gasteiger charge is -2.26. The minimum Gasteiger partial charge on any atom is -0.342 e. The second kappa shape index (κ2) is 5.92. The molecule has 2 saturated heterocycles. The van der Waals surface area contributed by atoms with Gasteiger partial charge in [-0.1, -0.05) is 0 Å². The van der Waals surface area contributed by atoms with Crippen molar-refractivity contribution in [3.8, 4) is 0 Å². The van der Waals surface area contributed by atoms with Gasteiger partial charge in [0, 0.05) is 38.8 Å². The molecule has 1 N–H and O–H groups in total. The molecule has 0 bridgehead atoms. The van der Waals surface area contributed by atoms with Crippen molar-refractivity contribution in [3.63, 3.8) is 0 Å². The van der Waals surface area contributed by atoms with Crippen molar-refractivity contribution in [2.75, 3.05) is 26.2 Å². The molecule has 0 spiro atoms. The number of fused-ring (bicyclic) bond motifs is 1. The minimum absolute atomic E-state index is 0.159. The first-order chi connectivity index (χ1) is 11.2. The van der Waals surface area contributed by atoms with Gasteiger partial charge in [-0.2, -0.15) is 0 Å². The number of likely N-dealkylation sites (tertiary alicyclic amines) is 1. The highest BCUT2D eigenvalue weighted by atomic mass is 16.2. The molecule has 122 valence electrons. The molecule has 0 aromatic carbocycles. The fraction of sp³-hybridized carbons (Fsp3) is 0.588. The molecule has 4 rings (SSSR count). The number of hydrogen-bond acceptors (Lipinski definition) is 4. The molecular formula is C17H23N5O. The van der Waals surface area contributed by atoms with Crippen LogP contribution in [0.5, 0.6) is 0 Å². The van der Waals surface area contributed by atoms with E-state index in [9.17, 15) is 4.79 Å². The quantitative estimate of drug-likeness (QED) is 0.907. The highest BCUT2D eigenvalue weighted by molar-refractivity contribution is 5.79. The van der Waals surface area contributed by atoms with Gasteiger partial charge in [-0.15, -0.1) is 0 Å². The van der Waals surface area contributed by atoms with E-state index in [1.54, 1.807) is 6.20 Å². The predicted octanol–water partition coefficient (Wildman–Crippen LogP) is 1.28. The molecule has 2 aliphatic heterocycles. The van der Waals surface area contributed by atoms with E-state index in [1.165, 1.54) is 0 Å². The summed E-state index contributed by atoms with van der Waals surface area (Å²) in [4.78, 5) is 23.7. The van der Waals surface area contributed by atoms with E-state index >= 15 is 0 Å². The normalized spacial score (nSPS) is 25.2. The van der Waals surface area contributed by atoms with Gasteiger partial charge >= 0.3 is 0 Å². The maximum absolute atomic E-state index is 12.7. The minimum atomic E-state index is 0.159. The van der Waals surface area contributed by atoms with Crippen molar-refractivity contribution in [3.05, 3.63) is 24.3 Å². The van der Waals surface area contributed by atoms with E-state index in [0.717, 1.165) is 62.3 Å². The van der Waals surface area contributed by atoms with Crippen LogP contribution < -0.4 is 5.32 Å². The van der Waals surface area contributed by atoms with E-state index in [2.05, 4.69) is 14.9 Å². The first-order valence-corrected chi connectivity index (χ1v) is 8.50. The zero-order chi connectivity index (χ0) is 15.8. The van der Waals surface area contributed by atoms with Gasteiger partial charge in [-0.25, -0.2) is 4.98 Å². The Bertz CT molecular complexity index is 719. The van der Waals surface area contributed by atoms with Gasteiger partial charge < -0.3 is 14.8 Å². The Kier molecular flexibility index (Phi) is 3.77. The first-order valence-electron chi connectivity index (χ1n) is 8.50. The summed E-state index contributed by atoms with van der Waals surface area (Å²) in [5, 5.41) is 3.34. The Morgan fingerprint density at radius 3 is 3.09 bits per heavy atom. The van der Waals surface area contributed by atoms with E-state index in [0.29, 0.717) is 11.8 Å². The fourth-order valence-corrected chi connectivity index (χ4v) is 3.91. The smallest absolute Gasteiger partial charge is 0.226 e. The van der Waals surface area contributed by atoms with E-state index < -0.39 is 0 Å². The predicted molar refractivity (Wildman–Crippen MR) is 88.0 cm³/mol. The maximum atomic E-state index is 12.7. The molecule has 6 heteroatoms. The molecule has 6 nitrogen and oxygen atoms in total. The van der Waals surface area contributed by atoms with E-state index in [-0.39, 0.29) is 5.92 Å². The number of nitrogens with zero attached hydrogens (tertiary/aromatic N) is 4. The number of pyridine rings is 1. The summed E-state index contributed by atoms with van der Waals surface area (Å²) in [5.74, 6) is 1.88. The SMILES string of the molecule is Cn1c([C@H]2CCN(C(=O)[C@H]3CCCNC3)C2)nc2ccncc21. The second-order valence-electron chi connectivity index (χ2n) is 6.71. The molecule has 23 heavy (non-hydrogen) atoms. The van der Waals surface area contributed by atoms with Gasteiger partial charge in [0.25, 0.3) is 0 Å². The lowest BCUT2D eigenvalue weighted by atomic mass is 9.98. The average Bonchev–Trinajstić information content (AvgIpc) is 3.20. The van der Waals surface area contributed by atoms with Gasteiger partial charge in [-0.3, -0.25) is 9.78 Å². The number of hydrogen-bond donors (Lipinski definition) is 1. The third-order valence-corrected chi connectivity index (χ3v) is 5.23. The molecule has 0 aliphatic carbocycles. The van der Waals surface area contributed by atoms with E-state index in [1.807, 2.05) is 24.2 Å². The number of imidazole rings is 1. The topological polar surface area (TPSA) is 63.1 Å². The van der Waals surface area contributed by atoms with Crippen molar-refractivity contribution < 1.29 is 4.79 Å². The second-order valence-corrected chi connectivity index (χ2v) is 6.71. The van der Waals surface area contributed by atoms with Crippen LogP contribution in [-0.2, 0) is 11.8 Å². The maximum Gasteiger partial charge on any atom is 0.226 e. The zero-order valence-electron chi connectivity index (χ0n) is 13.5. The number of carbonyl (C=O) groups is 1. The molecule has 4 heterocycles. The lowest BCUT2D eigenvalue weighted by Crippen LogP contribution is -2.42. The van der Waals surface area contributed by atoms with Gasteiger partial charge in [0.2, 0.25) is 5.91 Å².